The van der Waals surface area contributed by atoms with Gasteiger partial charge in [0.1, 0.15) is 5.75 Å². The fourth-order valence-electron chi connectivity index (χ4n) is 2.89. The van der Waals surface area contributed by atoms with Crippen LogP contribution < -0.4 is 10.5 Å². The average Bonchev–Trinajstić information content (AvgIpc) is 2.99. The van der Waals surface area contributed by atoms with Gasteiger partial charge in [-0.15, -0.1) is 0 Å². The topological polar surface area (TPSA) is 53.1 Å². The van der Waals surface area contributed by atoms with E-state index in [1.807, 2.05) is 16.8 Å². The van der Waals surface area contributed by atoms with E-state index >= 15 is 0 Å². The zero-order valence-electron chi connectivity index (χ0n) is 14.4. The molecule has 0 aliphatic rings. The maximum Gasteiger partial charge on any atom is 0.118 e. The van der Waals surface area contributed by atoms with Gasteiger partial charge in [0.05, 0.1) is 24.2 Å². The molecule has 0 radical (unpaired) electrons. The van der Waals surface area contributed by atoms with Crippen LogP contribution in [0.5, 0.6) is 5.75 Å². The predicted octanol–water partition coefficient (Wildman–Crippen LogP) is 3.67. The molecule has 2 N–H and O–H groups in total. The zero-order valence-corrected chi connectivity index (χ0v) is 14.4. The molecule has 24 heavy (non-hydrogen) atoms. The van der Waals surface area contributed by atoms with Gasteiger partial charge >= 0.3 is 0 Å². The molecule has 0 unspecified atom stereocenters. The first kappa shape index (κ1) is 16.3. The van der Waals surface area contributed by atoms with Crippen molar-refractivity contribution < 1.29 is 4.74 Å². The van der Waals surface area contributed by atoms with Crippen molar-refractivity contribution in [3.63, 3.8) is 0 Å². The van der Waals surface area contributed by atoms with Gasteiger partial charge in [-0.3, -0.25) is 0 Å². The summed E-state index contributed by atoms with van der Waals surface area (Å²) in [6.45, 7) is 4.81. The lowest BCUT2D eigenvalue weighted by Gasteiger charge is -2.11. The van der Waals surface area contributed by atoms with Crippen molar-refractivity contribution in [1.29, 1.82) is 0 Å². The van der Waals surface area contributed by atoms with E-state index in [0.717, 1.165) is 34.8 Å². The molecule has 0 bridgehead atoms. The largest absolute Gasteiger partial charge is 0.497 e. The van der Waals surface area contributed by atoms with Gasteiger partial charge in [0.2, 0.25) is 0 Å². The van der Waals surface area contributed by atoms with Gasteiger partial charge in [0.25, 0.3) is 0 Å². The number of methoxy groups -OCH3 is 1. The Morgan fingerprint density at radius 1 is 1.04 bits per heavy atom. The van der Waals surface area contributed by atoms with Crippen molar-refractivity contribution in [2.24, 2.45) is 5.73 Å². The number of benzene rings is 2. The van der Waals surface area contributed by atoms with Crippen LogP contribution in [0.15, 0.2) is 48.5 Å². The van der Waals surface area contributed by atoms with E-state index in [1.54, 1.807) is 7.11 Å². The number of nitrogens with zero attached hydrogens (tertiary/aromatic N) is 2. The lowest BCUT2D eigenvalue weighted by Crippen LogP contribution is -2.05. The van der Waals surface area contributed by atoms with Crippen molar-refractivity contribution in [3.8, 4) is 22.7 Å². The Morgan fingerprint density at radius 2 is 1.79 bits per heavy atom. The van der Waals surface area contributed by atoms with Crippen LogP contribution in [0.1, 0.15) is 16.8 Å². The summed E-state index contributed by atoms with van der Waals surface area (Å²) in [5.74, 6) is 0.846. The molecule has 4 heteroatoms. The fraction of sp³-hybridized carbons (Fsp3) is 0.250. The van der Waals surface area contributed by atoms with Crippen molar-refractivity contribution in [2.45, 2.75) is 20.3 Å². The molecule has 2 aromatic carbocycles. The molecule has 0 saturated carbocycles. The molecule has 0 saturated heterocycles. The van der Waals surface area contributed by atoms with Crippen LogP contribution in [0.4, 0.5) is 0 Å². The molecule has 0 aliphatic heterocycles. The Morgan fingerprint density at radius 3 is 2.42 bits per heavy atom. The van der Waals surface area contributed by atoms with Crippen LogP contribution in [0.25, 0.3) is 16.9 Å². The highest BCUT2D eigenvalue weighted by molar-refractivity contribution is 5.64. The van der Waals surface area contributed by atoms with E-state index in [9.17, 15) is 0 Å². The molecular weight excluding hydrogens is 298 g/mol. The van der Waals surface area contributed by atoms with Crippen molar-refractivity contribution in [2.75, 3.05) is 13.7 Å². The first-order chi connectivity index (χ1) is 11.6. The van der Waals surface area contributed by atoms with Gasteiger partial charge in [-0.2, -0.15) is 5.10 Å². The van der Waals surface area contributed by atoms with E-state index in [1.165, 1.54) is 11.1 Å². The van der Waals surface area contributed by atoms with Crippen LogP contribution in [0.2, 0.25) is 0 Å². The molecule has 0 atom stereocenters. The van der Waals surface area contributed by atoms with Crippen molar-refractivity contribution in [3.05, 3.63) is 65.4 Å². The summed E-state index contributed by atoms with van der Waals surface area (Å²) in [5, 5.41) is 4.79. The quantitative estimate of drug-likeness (QED) is 0.780. The minimum atomic E-state index is 0.589. The van der Waals surface area contributed by atoms with Gasteiger partial charge in [-0.05, 0) is 62.4 Å². The van der Waals surface area contributed by atoms with Crippen LogP contribution in [-0.4, -0.2) is 23.4 Å². The van der Waals surface area contributed by atoms with E-state index in [2.05, 4.69) is 50.2 Å². The number of hydrogen-bond donors (Lipinski definition) is 1. The van der Waals surface area contributed by atoms with Gasteiger partial charge in [0, 0.05) is 12.0 Å². The van der Waals surface area contributed by atoms with E-state index in [0.29, 0.717) is 6.54 Å². The second kappa shape index (κ2) is 6.89. The molecule has 3 aromatic rings. The average molecular weight is 321 g/mol. The van der Waals surface area contributed by atoms with Gasteiger partial charge < -0.3 is 10.5 Å². The van der Waals surface area contributed by atoms with Crippen molar-refractivity contribution in [1.82, 2.24) is 9.78 Å². The molecule has 0 fully saturated rings. The summed E-state index contributed by atoms with van der Waals surface area (Å²) >= 11 is 0. The normalized spacial score (nSPS) is 10.8. The number of aromatic nitrogens is 2. The molecule has 0 aliphatic carbocycles. The van der Waals surface area contributed by atoms with Gasteiger partial charge in [-0.25, -0.2) is 4.68 Å². The molecular formula is C20H23N3O. The Labute approximate surface area is 142 Å². The van der Waals surface area contributed by atoms with E-state index in [4.69, 9.17) is 15.6 Å². The minimum Gasteiger partial charge on any atom is -0.497 e. The van der Waals surface area contributed by atoms with Crippen LogP contribution in [-0.2, 0) is 6.42 Å². The maximum atomic E-state index is 5.72. The molecule has 0 spiro atoms. The summed E-state index contributed by atoms with van der Waals surface area (Å²) < 4.78 is 7.27. The molecule has 0 amide bonds. The SMILES string of the molecule is COc1ccc(-c2cc(CCN)nn2-c2ccc(C)cc2C)cc1. The van der Waals surface area contributed by atoms with E-state index < -0.39 is 0 Å². The van der Waals surface area contributed by atoms with E-state index in [-0.39, 0.29) is 0 Å². The third-order valence-corrected chi connectivity index (χ3v) is 4.13. The lowest BCUT2D eigenvalue weighted by atomic mass is 10.1. The highest BCUT2D eigenvalue weighted by Gasteiger charge is 2.13. The zero-order chi connectivity index (χ0) is 17.1. The first-order valence-corrected chi connectivity index (χ1v) is 8.13. The second-order valence-corrected chi connectivity index (χ2v) is 5.99. The van der Waals surface area contributed by atoms with Crippen LogP contribution in [0, 0.1) is 13.8 Å². The summed E-state index contributed by atoms with van der Waals surface area (Å²) in [6.07, 6.45) is 0.765. The maximum absolute atomic E-state index is 5.72. The molecule has 3 rings (SSSR count). The standard InChI is InChI=1S/C20H23N3O/c1-14-4-9-19(15(2)12-14)23-20(13-17(22-23)10-11-21)16-5-7-18(24-3)8-6-16/h4-9,12-13H,10-11,21H2,1-3H3. The Balaban J connectivity index is 2.13. The summed E-state index contributed by atoms with van der Waals surface area (Å²) in [5.41, 5.74) is 12.4. The second-order valence-electron chi connectivity index (χ2n) is 5.99. The molecule has 1 heterocycles. The Bertz CT molecular complexity index is 835. The summed E-state index contributed by atoms with van der Waals surface area (Å²) in [4.78, 5) is 0. The lowest BCUT2D eigenvalue weighted by molar-refractivity contribution is 0.415. The monoisotopic (exact) mass is 321 g/mol. The van der Waals surface area contributed by atoms with Gasteiger partial charge in [0.15, 0.2) is 0 Å². The number of nitrogens with two attached hydrogens (primary N) is 1. The predicted molar refractivity (Wildman–Crippen MR) is 97.8 cm³/mol. The number of ether oxygens (including phenoxy) is 1. The Kier molecular flexibility index (Phi) is 4.67. The minimum absolute atomic E-state index is 0.589. The number of rotatable bonds is 5. The summed E-state index contributed by atoms with van der Waals surface area (Å²) in [7, 11) is 1.67. The van der Waals surface area contributed by atoms with Gasteiger partial charge in [-0.1, -0.05) is 17.7 Å². The molecule has 124 valence electrons. The highest BCUT2D eigenvalue weighted by Crippen LogP contribution is 2.27. The van der Waals surface area contributed by atoms with Crippen LogP contribution in [0.3, 0.4) is 0 Å². The molecule has 1 aromatic heterocycles. The third-order valence-electron chi connectivity index (χ3n) is 4.13. The highest BCUT2D eigenvalue weighted by atomic mass is 16.5. The third kappa shape index (κ3) is 3.19. The van der Waals surface area contributed by atoms with Crippen LogP contribution >= 0.6 is 0 Å². The number of hydrogen-bond acceptors (Lipinski definition) is 3. The Hall–Kier alpha value is -2.59. The smallest absolute Gasteiger partial charge is 0.118 e. The fourth-order valence-corrected chi connectivity index (χ4v) is 2.89. The summed E-state index contributed by atoms with van der Waals surface area (Å²) in [6, 6.07) is 16.6. The first-order valence-electron chi connectivity index (χ1n) is 8.13. The van der Waals surface area contributed by atoms with Crippen molar-refractivity contribution >= 4 is 0 Å². The molecule has 4 nitrogen and oxygen atoms in total. The number of aryl methyl sites for hydroxylation is 2.